The summed E-state index contributed by atoms with van der Waals surface area (Å²) in [6.45, 7) is 1.11. The third-order valence-corrected chi connectivity index (χ3v) is 4.10. The summed E-state index contributed by atoms with van der Waals surface area (Å²) in [7, 11) is 0. The highest BCUT2D eigenvalue weighted by Gasteiger charge is 2.31. The van der Waals surface area contributed by atoms with Crippen LogP contribution >= 0.6 is 0 Å². The Kier molecular flexibility index (Phi) is 5.70. The molecule has 2 aromatic carbocycles. The van der Waals surface area contributed by atoms with Crippen molar-refractivity contribution in [1.29, 1.82) is 0 Å². The lowest BCUT2D eigenvalue weighted by Crippen LogP contribution is -2.43. The van der Waals surface area contributed by atoms with Crippen molar-refractivity contribution < 1.29 is 37.0 Å². The molecule has 0 aliphatic heterocycles. The summed E-state index contributed by atoms with van der Waals surface area (Å²) in [4.78, 5) is 24.0. The molecule has 1 heterocycles. The van der Waals surface area contributed by atoms with Crippen molar-refractivity contribution in [3.63, 3.8) is 0 Å². The van der Waals surface area contributed by atoms with Gasteiger partial charge in [0.05, 0.1) is 6.54 Å². The van der Waals surface area contributed by atoms with Gasteiger partial charge in [0, 0.05) is 11.1 Å². The second kappa shape index (κ2) is 8.07. The van der Waals surface area contributed by atoms with Gasteiger partial charge in [0.15, 0.2) is 0 Å². The van der Waals surface area contributed by atoms with E-state index in [9.17, 15) is 27.9 Å². The van der Waals surface area contributed by atoms with E-state index in [1.807, 2.05) is 6.07 Å². The molecule has 3 N–H and O–H groups in total. The molecular weight excluding hydrogens is 405 g/mol. The smallest absolute Gasteiger partial charge is 0.458 e. The first kappa shape index (κ1) is 21.2. The molecule has 30 heavy (non-hydrogen) atoms. The number of alkyl halides is 3. The van der Waals surface area contributed by atoms with Gasteiger partial charge in [-0.05, 0) is 43.3 Å². The van der Waals surface area contributed by atoms with Crippen molar-refractivity contribution in [2.45, 2.75) is 18.9 Å². The Hall–Kier alpha value is -3.53. The minimum atomic E-state index is -4.83. The molecule has 0 fully saturated rings. The fourth-order valence-electron chi connectivity index (χ4n) is 2.59. The summed E-state index contributed by atoms with van der Waals surface area (Å²) < 4.78 is 45.7. The third-order valence-electron chi connectivity index (χ3n) is 4.10. The second-order valence-corrected chi connectivity index (χ2v) is 6.63. The molecule has 1 unspecified atom stereocenters. The monoisotopic (exact) mass is 422 g/mol. The molecule has 10 heteroatoms. The van der Waals surface area contributed by atoms with Crippen LogP contribution < -0.4 is 15.4 Å². The fourth-order valence-corrected chi connectivity index (χ4v) is 2.59. The molecule has 0 spiro atoms. The zero-order valence-corrected chi connectivity index (χ0v) is 15.6. The van der Waals surface area contributed by atoms with Crippen LogP contribution in [0.5, 0.6) is 5.75 Å². The first-order valence-electron chi connectivity index (χ1n) is 8.70. The summed E-state index contributed by atoms with van der Waals surface area (Å²) in [6.07, 6.45) is -4.83. The van der Waals surface area contributed by atoms with E-state index >= 15 is 0 Å². The van der Waals surface area contributed by atoms with Gasteiger partial charge in [-0.25, -0.2) is 0 Å². The Bertz CT molecular complexity index is 1030. The minimum absolute atomic E-state index is 0.0914. The van der Waals surface area contributed by atoms with Crippen molar-refractivity contribution >= 4 is 28.5 Å². The van der Waals surface area contributed by atoms with Gasteiger partial charge in [-0.15, -0.1) is 13.2 Å². The lowest BCUT2D eigenvalue weighted by atomic mass is 10.0. The molecular formula is C20H17F3N2O5. The molecule has 1 aromatic heterocycles. The van der Waals surface area contributed by atoms with E-state index in [0.717, 1.165) is 29.7 Å². The molecule has 7 nitrogen and oxygen atoms in total. The number of fused-ring (bicyclic) bond motifs is 1. The summed E-state index contributed by atoms with van der Waals surface area (Å²) in [5.74, 6) is -2.35. The Balaban J connectivity index is 1.56. The Morgan fingerprint density at radius 1 is 1.07 bits per heavy atom. The number of halogens is 3. The maximum atomic E-state index is 12.2. The number of aliphatic hydroxyl groups is 1. The summed E-state index contributed by atoms with van der Waals surface area (Å²) in [6, 6.07) is 13.0. The molecule has 3 aromatic rings. The summed E-state index contributed by atoms with van der Waals surface area (Å²) in [5, 5.41) is 15.9. The Morgan fingerprint density at radius 2 is 1.73 bits per heavy atom. The predicted octanol–water partition coefficient (Wildman–Crippen LogP) is 3.29. The Morgan fingerprint density at radius 3 is 2.37 bits per heavy atom. The number of nitrogens with one attached hydrogen (secondary N) is 2. The first-order chi connectivity index (χ1) is 14.0. The number of ether oxygens (including phenoxy) is 1. The molecule has 0 radical (unpaired) electrons. The molecule has 0 saturated carbocycles. The molecule has 0 aliphatic rings. The standard InChI is InChI=1S/C20H17F3N2O5/c1-19(28,16-10-12-4-2-3-5-15(12)29-16)11-24-17(26)18(27)25-13-6-8-14(9-7-13)30-20(21,22)23/h2-10,28H,11H2,1H3,(H,24,26)(H,25,27). The van der Waals surface area contributed by atoms with E-state index in [1.54, 1.807) is 24.3 Å². The number of hydrogen-bond acceptors (Lipinski definition) is 5. The van der Waals surface area contributed by atoms with Crippen molar-refractivity contribution in [3.05, 3.63) is 60.4 Å². The number of hydrogen-bond donors (Lipinski definition) is 3. The second-order valence-electron chi connectivity index (χ2n) is 6.63. The van der Waals surface area contributed by atoms with Crippen LogP contribution in [0.15, 0.2) is 59.0 Å². The maximum absolute atomic E-state index is 12.2. The molecule has 0 aliphatic carbocycles. The van der Waals surface area contributed by atoms with Gasteiger partial charge in [0.2, 0.25) is 0 Å². The fraction of sp³-hybridized carbons (Fsp3) is 0.200. The minimum Gasteiger partial charge on any atom is -0.458 e. The first-order valence-corrected chi connectivity index (χ1v) is 8.70. The van der Waals surface area contributed by atoms with Gasteiger partial charge in [0.1, 0.15) is 22.7 Å². The number of furan rings is 1. The number of carbonyl (C=O) groups excluding carboxylic acids is 2. The lowest BCUT2D eigenvalue weighted by Gasteiger charge is -2.20. The van der Waals surface area contributed by atoms with Crippen LogP contribution in [-0.2, 0) is 15.2 Å². The van der Waals surface area contributed by atoms with Crippen LogP contribution in [0.25, 0.3) is 11.0 Å². The zero-order chi connectivity index (χ0) is 21.9. The molecule has 158 valence electrons. The topological polar surface area (TPSA) is 101 Å². The molecule has 0 bridgehead atoms. The van der Waals surface area contributed by atoms with E-state index in [-0.39, 0.29) is 18.0 Å². The number of carbonyl (C=O) groups is 2. The number of anilines is 1. The van der Waals surface area contributed by atoms with Crippen LogP contribution in [0, 0.1) is 0 Å². The predicted molar refractivity (Wildman–Crippen MR) is 101 cm³/mol. The van der Waals surface area contributed by atoms with Gasteiger partial charge < -0.3 is 24.9 Å². The van der Waals surface area contributed by atoms with E-state index < -0.39 is 29.5 Å². The van der Waals surface area contributed by atoms with Crippen LogP contribution in [0.2, 0.25) is 0 Å². The highest BCUT2D eigenvalue weighted by molar-refractivity contribution is 6.39. The van der Waals surface area contributed by atoms with Crippen molar-refractivity contribution in [2.24, 2.45) is 0 Å². The zero-order valence-electron chi connectivity index (χ0n) is 15.6. The SMILES string of the molecule is CC(O)(CNC(=O)C(=O)Nc1ccc(OC(F)(F)F)cc1)c1cc2ccccc2o1. The van der Waals surface area contributed by atoms with E-state index in [1.165, 1.54) is 6.92 Å². The summed E-state index contributed by atoms with van der Waals surface area (Å²) >= 11 is 0. The Labute approximate surface area is 168 Å². The number of para-hydroxylation sites is 1. The average Bonchev–Trinajstić information content (AvgIpc) is 3.12. The molecule has 3 rings (SSSR count). The molecule has 1 atom stereocenters. The van der Waals surface area contributed by atoms with Gasteiger partial charge in [0.25, 0.3) is 0 Å². The largest absolute Gasteiger partial charge is 0.573 e. The lowest BCUT2D eigenvalue weighted by molar-refractivity contribution is -0.274. The van der Waals surface area contributed by atoms with Crippen molar-refractivity contribution in [1.82, 2.24) is 5.32 Å². The van der Waals surface area contributed by atoms with E-state index in [4.69, 9.17) is 4.42 Å². The summed E-state index contributed by atoms with van der Waals surface area (Å²) in [5.41, 5.74) is -0.922. The van der Waals surface area contributed by atoms with Crippen molar-refractivity contribution in [3.8, 4) is 5.75 Å². The van der Waals surface area contributed by atoms with E-state index in [2.05, 4.69) is 15.4 Å². The average molecular weight is 422 g/mol. The van der Waals surface area contributed by atoms with Gasteiger partial charge in [-0.2, -0.15) is 0 Å². The number of amides is 2. The van der Waals surface area contributed by atoms with Crippen LogP contribution in [0.3, 0.4) is 0 Å². The highest BCUT2D eigenvalue weighted by atomic mass is 19.4. The van der Waals surface area contributed by atoms with Gasteiger partial charge >= 0.3 is 18.2 Å². The quantitative estimate of drug-likeness (QED) is 0.548. The van der Waals surface area contributed by atoms with Crippen LogP contribution in [-0.4, -0.2) is 29.8 Å². The highest BCUT2D eigenvalue weighted by Crippen LogP contribution is 2.27. The van der Waals surface area contributed by atoms with Gasteiger partial charge in [-0.1, -0.05) is 18.2 Å². The van der Waals surface area contributed by atoms with Crippen LogP contribution in [0.4, 0.5) is 18.9 Å². The van der Waals surface area contributed by atoms with Crippen molar-refractivity contribution in [2.75, 3.05) is 11.9 Å². The number of rotatable bonds is 5. The molecule has 0 saturated heterocycles. The van der Waals surface area contributed by atoms with Crippen LogP contribution in [0.1, 0.15) is 12.7 Å². The third kappa shape index (κ3) is 5.29. The molecule has 2 amide bonds. The van der Waals surface area contributed by atoms with E-state index in [0.29, 0.717) is 5.58 Å². The van der Waals surface area contributed by atoms with Gasteiger partial charge in [-0.3, -0.25) is 9.59 Å². The normalized spacial score (nSPS) is 13.5. The number of benzene rings is 2. The maximum Gasteiger partial charge on any atom is 0.573 e.